The van der Waals surface area contributed by atoms with Gasteiger partial charge in [-0.1, -0.05) is 0 Å². The van der Waals surface area contributed by atoms with Gasteiger partial charge in [-0.15, -0.1) is 5.10 Å². The number of carbonyl (C=O) groups is 2. The van der Waals surface area contributed by atoms with Gasteiger partial charge in [0.15, 0.2) is 5.17 Å². The van der Waals surface area contributed by atoms with Gasteiger partial charge in [0.1, 0.15) is 5.75 Å². The lowest BCUT2D eigenvalue weighted by atomic mass is 10.0. The molecule has 27 heavy (non-hydrogen) atoms. The molecule has 0 unspecified atom stereocenters. The Morgan fingerprint density at radius 1 is 1.30 bits per heavy atom. The third-order valence-electron chi connectivity index (χ3n) is 3.26. The maximum Gasteiger partial charge on any atom is 0.419 e. The molecule has 1 aromatic rings. The number of alkyl halides is 3. The molecule has 1 saturated heterocycles. The van der Waals surface area contributed by atoms with Gasteiger partial charge in [-0.2, -0.15) is 18.3 Å². The number of nitrogens with one attached hydrogen (secondary N) is 1. The van der Waals surface area contributed by atoms with Gasteiger partial charge in [0.2, 0.25) is 0 Å². The van der Waals surface area contributed by atoms with Crippen LogP contribution in [0, 0.1) is 6.92 Å². The Hall–Kier alpha value is -2.82. The zero-order valence-corrected chi connectivity index (χ0v) is 15.2. The minimum absolute atomic E-state index is 0.0652. The second kappa shape index (κ2) is 8.25. The quantitative estimate of drug-likeness (QED) is 0.363. The van der Waals surface area contributed by atoms with Crippen molar-refractivity contribution in [2.45, 2.75) is 13.1 Å². The summed E-state index contributed by atoms with van der Waals surface area (Å²) < 4.78 is 48.7. The van der Waals surface area contributed by atoms with Crippen LogP contribution < -0.4 is 10.1 Å². The van der Waals surface area contributed by atoms with Crippen LogP contribution in [0.3, 0.4) is 0 Å². The Labute approximate surface area is 156 Å². The smallest absolute Gasteiger partial charge is 0.419 e. The van der Waals surface area contributed by atoms with Crippen molar-refractivity contribution < 1.29 is 32.2 Å². The topological polar surface area (TPSA) is 89.3 Å². The van der Waals surface area contributed by atoms with Crippen LogP contribution in [-0.2, 0) is 20.5 Å². The Bertz CT molecular complexity index is 863. The minimum atomic E-state index is -4.59. The molecule has 0 saturated carbocycles. The summed E-state index contributed by atoms with van der Waals surface area (Å²) in [5.74, 6) is -1.52. The predicted molar refractivity (Wildman–Crippen MR) is 93.6 cm³/mol. The first-order valence-electron chi connectivity index (χ1n) is 7.31. The monoisotopic (exact) mass is 401 g/mol. The van der Waals surface area contributed by atoms with E-state index in [2.05, 4.69) is 20.3 Å². The molecule has 144 valence electrons. The summed E-state index contributed by atoms with van der Waals surface area (Å²) in [7, 11) is 2.33. The molecule has 0 radical (unpaired) electrons. The summed E-state index contributed by atoms with van der Waals surface area (Å²) in [5, 5.41) is 9.86. The van der Waals surface area contributed by atoms with Crippen LogP contribution in [-0.4, -0.2) is 37.5 Å². The van der Waals surface area contributed by atoms with Crippen molar-refractivity contribution in [3.8, 4) is 5.75 Å². The van der Waals surface area contributed by atoms with Crippen LogP contribution in [0.2, 0.25) is 0 Å². The number of methoxy groups -OCH3 is 2. The van der Waals surface area contributed by atoms with Crippen molar-refractivity contribution in [2.75, 3.05) is 14.2 Å². The number of carbonyl (C=O) groups excluding carboxylic acids is 2. The third kappa shape index (κ3) is 5.09. The van der Waals surface area contributed by atoms with Crippen molar-refractivity contribution in [3.63, 3.8) is 0 Å². The summed E-state index contributed by atoms with van der Waals surface area (Å²) in [6.07, 6.45) is -2.48. The highest BCUT2D eigenvalue weighted by Crippen LogP contribution is 2.38. The minimum Gasteiger partial charge on any atom is -0.496 e. The average molecular weight is 401 g/mol. The summed E-state index contributed by atoms with van der Waals surface area (Å²) in [6.45, 7) is 1.48. The Kier molecular flexibility index (Phi) is 6.26. The number of amides is 1. The molecule has 1 amide bonds. The highest BCUT2D eigenvalue weighted by atomic mass is 32.2. The van der Waals surface area contributed by atoms with E-state index in [4.69, 9.17) is 4.74 Å². The van der Waals surface area contributed by atoms with Crippen LogP contribution in [0.5, 0.6) is 5.75 Å². The van der Waals surface area contributed by atoms with E-state index < -0.39 is 23.6 Å². The van der Waals surface area contributed by atoms with Crippen molar-refractivity contribution in [1.82, 2.24) is 5.32 Å². The van der Waals surface area contributed by atoms with E-state index >= 15 is 0 Å². The fourth-order valence-electron chi connectivity index (χ4n) is 2.15. The third-order valence-corrected chi connectivity index (χ3v) is 4.16. The van der Waals surface area contributed by atoms with Crippen LogP contribution in [0.15, 0.2) is 33.3 Å². The number of aryl methyl sites for hydroxylation is 1. The highest BCUT2D eigenvalue weighted by molar-refractivity contribution is 8.18. The molecule has 0 bridgehead atoms. The standard InChI is InChI=1S/C16H14F3N3O4S/c1-8-4-9(5-10(13(8)26-3)16(17,18)19)7-20-22-15-21-14(24)11(27-15)6-12(23)25-2/h4-7H,1-3H3,(H,21,22,24)/b11-6+,20-7?. The summed E-state index contributed by atoms with van der Waals surface area (Å²) in [6, 6.07) is 2.35. The second-order valence-corrected chi connectivity index (χ2v) is 6.18. The molecule has 11 heteroatoms. The van der Waals surface area contributed by atoms with Gasteiger partial charge in [0.25, 0.3) is 5.91 Å². The van der Waals surface area contributed by atoms with Gasteiger partial charge >= 0.3 is 12.1 Å². The van der Waals surface area contributed by atoms with Gasteiger partial charge in [0.05, 0.1) is 30.9 Å². The van der Waals surface area contributed by atoms with Crippen molar-refractivity contribution in [2.24, 2.45) is 10.2 Å². The molecular weight excluding hydrogens is 387 g/mol. The molecule has 1 fully saturated rings. The van der Waals surface area contributed by atoms with Crippen LogP contribution >= 0.6 is 11.8 Å². The van der Waals surface area contributed by atoms with Gasteiger partial charge in [-0.25, -0.2) is 4.79 Å². The molecule has 1 aliphatic rings. The number of amidine groups is 1. The lowest BCUT2D eigenvalue weighted by Gasteiger charge is -2.14. The van der Waals surface area contributed by atoms with Gasteiger partial charge in [-0.05, 0) is 41.9 Å². The largest absolute Gasteiger partial charge is 0.496 e. The van der Waals surface area contributed by atoms with E-state index in [1.807, 2.05) is 0 Å². The molecule has 0 aromatic heterocycles. The zero-order valence-electron chi connectivity index (χ0n) is 14.4. The van der Waals surface area contributed by atoms with Crippen LogP contribution in [0.1, 0.15) is 16.7 Å². The van der Waals surface area contributed by atoms with E-state index in [1.54, 1.807) is 0 Å². The van der Waals surface area contributed by atoms with Crippen LogP contribution in [0.25, 0.3) is 0 Å². The maximum absolute atomic E-state index is 13.1. The fourth-order valence-corrected chi connectivity index (χ4v) is 2.89. The molecule has 1 aliphatic heterocycles. The molecule has 1 N–H and O–H groups in total. The number of rotatable bonds is 4. The van der Waals surface area contributed by atoms with E-state index in [-0.39, 0.29) is 26.9 Å². The number of halogens is 3. The summed E-state index contributed by atoms with van der Waals surface area (Å²) in [5.41, 5.74) is -0.483. The number of hydrogen-bond acceptors (Lipinski definition) is 7. The molecule has 7 nitrogen and oxygen atoms in total. The van der Waals surface area contributed by atoms with Crippen LogP contribution in [0.4, 0.5) is 13.2 Å². The number of nitrogens with zero attached hydrogens (tertiary/aromatic N) is 2. The summed E-state index contributed by atoms with van der Waals surface area (Å²) in [4.78, 5) is 22.9. The number of hydrogen-bond donors (Lipinski definition) is 1. The number of esters is 1. The number of benzene rings is 1. The van der Waals surface area contributed by atoms with E-state index in [1.165, 1.54) is 20.1 Å². The number of ether oxygens (including phenoxy) is 2. The molecule has 0 aliphatic carbocycles. The van der Waals surface area contributed by atoms with E-state index in [9.17, 15) is 22.8 Å². The first kappa shape index (κ1) is 20.5. The second-order valence-electron chi connectivity index (χ2n) is 5.15. The zero-order chi connectivity index (χ0) is 20.2. The molecular formula is C16H14F3N3O4S. The highest BCUT2D eigenvalue weighted by Gasteiger charge is 2.35. The van der Waals surface area contributed by atoms with Gasteiger partial charge in [-0.3, -0.25) is 10.1 Å². The summed E-state index contributed by atoms with van der Waals surface area (Å²) >= 11 is 0.850. The molecule has 0 spiro atoms. The number of thioether (sulfide) groups is 1. The molecule has 2 rings (SSSR count). The maximum atomic E-state index is 13.1. The van der Waals surface area contributed by atoms with Crippen molar-refractivity contribution in [1.29, 1.82) is 0 Å². The van der Waals surface area contributed by atoms with Crippen molar-refractivity contribution in [3.05, 3.63) is 39.8 Å². The first-order chi connectivity index (χ1) is 12.7. The fraction of sp³-hybridized carbons (Fsp3) is 0.250. The normalized spacial score (nSPS) is 17.6. The Morgan fingerprint density at radius 2 is 2.00 bits per heavy atom. The predicted octanol–water partition coefficient (Wildman–Crippen LogP) is 2.63. The average Bonchev–Trinajstić information content (AvgIpc) is 2.93. The van der Waals surface area contributed by atoms with Gasteiger partial charge in [0, 0.05) is 6.08 Å². The lowest BCUT2D eigenvalue weighted by molar-refractivity contribution is -0.139. The first-order valence-corrected chi connectivity index (χ1v) is 8.13. The van der Waals surface area contributed by atoms with E-state index in [0.717, 1.165) is 37.2 Å². The van der Waals surface area contributed by atoms with Crippen molar-refractivity contribution >= 4 is 35.0 Å². The molecule has 1 heterocycles. The lowest BCUT2D eigenvalue weighted by Crippen LogP contribution is -2.19. The molecule has 0 atom stereocenters. The van der Waals surface area contributed by atoms with Gasteiger partial charge < -0.3 is 9.47 Å². The SMILES string of the molecule is COC(=O)/C=C1/S/C(=N\N=Cc2cc(C)c(OC)c(C(F)(F)F)c2)NC1=O. The Balaban J connectivity index is 2.23. The Morgan fingerprint density at radius 3 is 2.59 bits per heavy atom. The van der Waals surface area contributed by atoms with E-state index in [0.29, 0.717) is 0 Å². The molecule has 1 aromatic carbocycles.